The van der Waals surface area contributed by atoms with Gasteiger partial charge in [-0.1, -0.05) is 11.8 Å². The number of ether oxygens (including phenoxy) is 1. The summed E-state index contributed by atoms with van der Waals surface area (Å²) < 4.78 is 6.88. The van der Waals surface area contributed by atoms with Crippen molar-refractivity contribution in [2.24, 2.45) is 0 Å². The molecule has 2 aromatic rings. The van der Waals surface area contributed by atoms with Crippen molar-refractivity contribution in [1.82, 2.24) is 25.1 Å². The van der Waals surface area contributed by atoms with Gasteiger partial charge in [0.05, 0.1) is 12.9 Å². The van der Waals surface area contributed by atoms with Crippen LogP contribution in [-0.2, 0) is 11.3 Å². The third kappa shape index (κ3) is 4.22. The Hall–Kier alpha value is -2.29. The number of anilines is 1. The Morgan fingerprint density at radius 2 is 1.92 bits per heavy atom. The maximum Gasteiger partial charge on any atom is 0.233 e. The minimum atomic E-state index is 0.130. The van der Waals surface area contributed by atoms with Gasteiger partial charge >= 0.3 is 0 Å². The number of piperazine rings is 1. The van der Waals surface area contributed by atoms with E-state index in [4.69, 9.17) is 4.74 Å². The second kappa shape index (κ2) is 8.19. The maximum absolute atomic E-state index is 12.4. The molecule has 25 heavy (non-hydrogen) atoms. The molecule has 0 spiro atoms. The van der Waals surface area contributed by atoms with Gasteiger partial charge in [0.2, 0.25) is 11.1 Å². The van der Waals surface area contributed by atoms with Gasteiger partial charge in [0, 0.05) is 38.4 Å². The van der Waals surface area contributed by atoms with E-state index >= 15 is 0 Å². The predicted octanol–water partition coefficient (Wildman–Crippen LogP) is 1.14. The average molecular weight is 362 g/mol. The summed E-state index contributed by atoms with van der Waals surface area (Å²) in [5.41, 5.74) is 1.16. The van der Waals surface area contributed by atoms with Gasteiger partial charge in [-0.2, -0.15) is 0 Å². The number of aromatic nitrogens is 4. The number of benzene rings is 1. The molecule has 0 radical (unpaired) electrons. The van der Waals surface area contributed by atoms with E-state index in [1.807, 2.05) is 24.0 Å². The summed E-state index contributed by atoms with van der Waals surface area (Å²) in [6.45, 7) is 5.78. The lowest BCUT2D eigenvalue weighted by molar-refractivity contribution is -0.128. The normalized spacial score (nSPS) is 14.6. The van der Waals surface area contributed by atoms with E-state index in [9.17, 15) is 4.79 Å². The van der Waals surface area contributed by atoms with Crippen LogP contribution in [0.25, 0.3) is 0 Å². The van der Waals surface area contributed by atoms with E-state index in [-0.39, 0.29) is 5.91 Å². The molecule has 3 rings (SSSR count). The Labute approximate surface area is 151 Å². The fraction of sp³-hybridized carbons (Fsp3) is 0.500. The molecule has 1 saturated heterocycles. The number of hydrogen-bond acceptors (Lipinski definition) is 7. The fourth-order valence-electron chi connectivity index (χ4n) is 2.72. The van der Waals surface area contributed by atoms with Crippen molar-refractivity contribution >= 4 is 23.4 Å². The monoisotopic (exact) mass is 362 g/mol. The molecule has 1 aliphatic rings. The molecule has 1 aromatic heterocycles. The zero-order chi connectivity index (χ0) is 17.6. The lowest BCUT2D eigenvalue weighted by atomic mass is 10.2. The Balaban J connectivity index is 1.48. The minimum absolute atomic E-state index is 0.130. The number of carbonyl (C=O) groups is 1. The predicted molar refractivity (Wildman–Crippen MR) is 96.0 cm³/mol. The molecule has 2 heterocycles. The molecule has 1 aromatic carbocycles. The standard InChI is InChI=1S/C16H22N6O2S/c1-3-22-16(17-18-19-22)25-12-15(23)21-10-8-20(9-11-21)13-4-6-14(24-2)7-5-13/h4-7H,3,8-12H2,1-2H3. The smallest absolute Gasteiger partial charge is 0.233 e. The molecule has 0 aliphatic carbocycles. The second-order valence-corrected chi connectivity index (χ2v) is 6.57. The molecule has 0 saturated carbocycles. The molecular weight excluding hydrogens is 340 g/mol. The molecule has 1 fully saturated rings. The molecular formula is C16H22N6O2S. The molecule has 8 nitrogen and oxygen atoms in total. The van der Waals surface area contributed by atoms with Crippen molar-refractivity contribution in [2.75, 3.05) is 43.9 Å². The Morgan fingerprint density at radius 3 is 2.56 bits per heavy atom. The van der Waals surface area contributed by atoms with Gasteiger partial charge in [-0.3, -0.25) is 4.79 Å². The number of hydrogen-bond donors (Lipinski definition) is 0. The highest BCUT2D eigenvalue weighted by Crippen LogP contribution is 2.21. The van der Waals surface area contributed by atoms with Crippen LogP contribution in [-0.4, -0.2) is 70.1 Å². The van der Waals surface area contributed by atoms with Crippen LogP contribution in [0.1, 0.15) is 6.92 Å². The number of thioether (sulfide) groups is 1. The molecule has 0 atom stereocenters. The summed E-state index contributed by atoms with van der Waals surface area (Å²) in [6.07, 6.45) is 0. The van der Waals surface area contributed by atoms with Gasteiger partial charge < -0.3 is 14.5 Å². The Bertz CT molecular complexity index is 697. The summed E-state index contributed by atoms with van der Waals surface area (Å²) in [4.78, 5) is 16.6. The first-order valence-electron chi connectivity index (χ1n) is 8.27. The van der Waals surface area contributed by atoms with Crippen molar-refractivity contribution in [1.29, 1.82) is 0 Å². The third-order valence-corrected chi connectivity index (χ3v) is 5.14. The van der Waals surface area contributed by atoms with Crippen molar-refractivity contribution in [3.63, 3.8) is 0 Å². The van der Waals surface area contributed by atoms with Gasteiger partial charge in [0.1, 0.15) is 5.75 Å². The van der Waals surface area contributed by atoms with Crippen LogP contribution in [0.4, 0.5) is 5.69 Å². The van der Waals surface area contributed by atoms with Gasteiger partial charge in [0.15, 0.2) is 0 Å². The molecule has 134 valence electrons. The summed E-state index contributed by atoms with van der Waals surface area (Å²) in [5, 5.41) is 12.1. The number of methoxy groups -OCH3 is 1. The van der Waals surface area contributed by atoms with Crippen LogP contribution < -0.4 is 9.64 Å². The highest BCUT2D eigenvalue weighted by molar-refractivity contribution is 7.99. The number of nitrogens with zero attached hydrogens (tertiary/aromatic N) is 6. The zero-order valence-electron chi connectivity index (χ0n) is 14.5. The number of tetrazole rings is 1. The van der Waals surface area contributed by atoms with Gasteiger partial charge in [0.25, 0.3) is 0 Å². The molecule has 9 heteroatoms. The Kier molecular flexibility index (Phi) is 5.75. The summed E-state index contributed by atoms with van der Waals surface area (Å²) in [7, 11) is 1.66. The third-order valence-electron chi connectivity index (χ3n) is 4.19. The molecule has 0 bridgehead atoms. The molecule has 1 amide bonds. The lowest BCUT2D eigenvalue weighted by Gasteiger charge is -2.36. The van der Waals surface area contributed by atoms with Crippen LogP contribution in [0, 0.1) is 0 Å². The summed E-state index contributed by atoms with van der Waals surface area (Å²) >= 11 is 1.39. The van der Waals surface area contributed by atoms with Crippen molar-refractivity contribution in [2.45, 2.75) is 18.6 Å². The highest BCUT2D eigenvalue weighted by atomic mass is 32.2. The number of aryl methyl sites for hydroxylation is 1. The first kappa shape index (κ1) is 17.5. The zero-order valence-corrected chi connectivity index (χ0v) is 15.3. The SMILES string of the molecule is CCn1nnnc1SCC(=O)N1CCN(c2ccc(OC)cc2)CC1. The van der Waals surface area contributed by atoms with Crippen LogP contribution in [0.2, 0.25) is 0 Å². The average Bonchev–Trinajstić information content (AvgIpc) is 3.14. The van der Waals surface area contributed by atoms with Gasteiger partial charge in [-0.05, 0) is 41.6 Å². The summed E-state index contributed by atoms with van der Waals surface area (Å²) in [5.74, 6) is 1.34. The molecule has 0 N–H and O–H groups in total. The van der Waals surface area contributed by atoms with E-state index in [2.05, 4.69) is 32.6 Å². The second-order valence-electron chi connectivity index (χ2n) is 5.63. The molecule has 0 unspecified atom stereocenters. The van der Waals surface area contributed by atoms with E-state index in [1.54, 1.807) is 11.8 Å². The van der Waals surface area contributed by atoms with Crippen LogP contribution >= 0.6 is 11.8 Å². The van der Waals surface area contributed by atoms with Crippen LogP contribution in [0.3, 0.4) is 0 Å². The maximum atomic E-state index is 12.4. The van der Waals surface area contributed by atoms with Gasteiger partial charge in [-0.25, -0.2) is 4.68 Å². The fourth-order valence-corrected chi connectivity index (χ4v) is 3.57. The largest absolute Gasteiger partial charge is 0.497 e. The lowest BCUT2D eigenvalue weighted by Crippen LogP contribution is -2.49. The number of rotatable bonds is 6. The van der Waals surface area contributed by atoms with E-state index in [1.165, 1.54) is 11.8 Å². The van der Waals surface area contributed by atoms with E-state index in [0.29, 0.717) is 17.5 Å². The van der Waals surface area contributed by atoms with Gasteiger partial charge in [-0.15, -0.1) is 5.10 Å². The topological polar surface area (TPSA) is 76.4 Å². The first-order valence-corrected chi connectivity index (χ1v) is 9.25. The van der Waals surface area contributed by atoms with Crippen molar-refractivity contribution in [3.8, 4) is 5.75 Å². The summed E-state index contributed by atoms with van der Waals surface area (Å²) in [6, 6.07) is 8.02. The number of carbonyl (C=O) groups excluding carboxylic acids is 1. The van der Waals surface area contributed by atoms with E-state index < -0.39 is 0 Å². The molecule has 1 aliphatic heterocycles. The quantitative estimate of drug-likeness (QED) is 0.713. The van der Waals surface area contributed by atoms with Crippen LogP contribution in [0.5, 0.6) is 5.75 Å². The van der Waals surface area contributed by atoms with Crippen LogP contribution in [0.15, 0.2) is 29.4 Å². The first-order chi connectivity index (χ1) is 12.2. The highest BCUT2D eigenvalue weighted by Gasteiger charge is 2.22. The van der Waals surface area contributed by atoms with E-state index in [0.717, 1.165) is 37.6 Å². The van der Waals surface area contributed by atoms with Crippen molar-refractivity contribution in [3.05, 3.63) is 24.3 Å². The minimum Gasteiger partial charge on any atom is -0.497 e. The number of amides is 1. The van der Waals surface area contributed by atoms with Crippen molar-refractivity contribution < 1.29 is 9.53 Å². The Morgan fingerprint density at radius 1 is 1.20 bits per heavy atom.